The second-order valence-corrected chi connectivity index (χ2v) is 7.71. The highest BCUT2D eigenvalue weighted by atomic mass is 79.9. The number of hydrogen-bond acceptors (Lipinski definition) is 5. The van der Waals surface area contributed by atoms with E-state index in [9.17, 15) is 4.79 Å². The molecule has 6 nitrogen and oxygen atoms in total. The van der Waals surface area contributed by atoms with Gasteiger partial charge >= 0.3 is 0 Å². The molecule has 0 atom stereocenters. The maximum atomic E-state index is 13.7. The van der Waals surface area contributed by atoms with Crippen LogP contribution in [0, 0.1) is 6.92 Å². The van der Waals surface area contributed by atoms with Gasteiger partial charge in [-0.05, 0) is 61.0 Å². The van der Waals surface area contributed by atoms with Crippen molar-refractivity contribution in [3.05, 3.63) is 75.1 Å². The number of ether oxygens (including phenoxy) is 2. The average molecular weight is 450 g/mol. The van der Waals surface area contributed by atoms with E-state index in [4.69, 9.17) is 15.2 Å². The third-order valence-electron chi connectivity index (χ3n) is 4.95. The summed E-state index contributed by atoms with van der Waals surface area (Å²) in [5.41, 5.74) is 9.76. The van der Waals surface area contributed by atoms with Gasteiger partial charge in [-0.15, -0.1) is 0 Å². The second kappa shape index (κ2) is 6.63. The molecule has 5 rings (SSSR count). The summed E-state index contributed by atoms with van der Waals surface area (Å²) in [5.74, 6) is 1.25. The fraction of sp³-hybridized carbons (Fsp3) is 0.0909. The van der Waals surface area contributed by atoms with Gasteiger partial charge in [-0.2, -0.15) is 0 Å². The minimum atomic E-state index is -0.241. The van der Waals surface area contributed by atoms with Gasteiger partial charge in [-0.25, -0.2) is 4.98 Å². The summed E-state index contributed by atoms with van der Waals surface area (Å²) < 4.78 is 13.4. The third-order valence-corrected chi connectivity index (χ3v) is 5.48. The number of anilines is 1. The number of nitrogens with two attached hydrogens (primary N) is 1. The number of pyridine rings is 2. The van der Waals surface area contributed by atoms with E-state index in [1.807, 2.05) is 49.4 Å². The van der Waals surface area contributed by atoms with Crippen molar-refractivity contribution in [2.24, 2.45) is 0 Å². The van der Waals surface area contributed by atoms with Crippen LogP contribution >= 0.6 is 15.9 Å². The third kappa shape index (κ3) is 2.86. The van der Waals surface area contributed by atoms with Crippen molar-refractivity contribution in [2.45, 2.75) is 6.92 Å². The van der Waals surface area contributed by atoms with E-state index in [2.05, 4.69) is 20.9 Å². The number of nitrogen functional groups attached to an aromatic ring is 1. The lowest BCUT2D eigenvalue weighted by molar-refractivity contribution is 0.174. The molecule has 0 saturated carbocycles. The number of aryl methyl sites for hydroxylation is 1. The number of halogens is 1. The van der Waals surface area contributed by atoms with Gasteiger partial charge in [0.1, 0.15) is 5.65 Å². The van der Waals surface area contributed by atoms with E-state index in [0.717, 1.165) is 10.2 Å². The molecule has 1 aliphatic heterocycles. The molecule has 29 heavy (non-hydrogen) atoms. The van der Waals surface area contributed by atoms with Gasteiger partial charge in [0.05, 0.1) is 16.9 Å². The summed E-state index contributed by atoms with van der Waals surface area (Å²) in [6.07, 6.45) is 0. The van der Waals surface area contributed by atoms with E-state index in [0.29, 0.717) is 45.0 Å². The molecule has 0 aliphatic carbocycles. The van der Waals surface area contributed by atoms with Crippen molar-refractivity contribution in [1.82, 2.24) is 9.55 Å². The smallest absolute Gasteiger partial charge is 0.266 e. The zero-order valence-corrected chi connectivity index (χ0v) is 17.1. The van der Waals surface area contributed by atoms with Crippen molar-refractivity contribution < 1.29 is 9.47 Å². The first-order valence-electron chi connectivity index (χ1n) is 9.01. The summed E-state index contributed by atoms with van der Waals surface area (Å²) in [7, 11) is 0. The van der Waals surface area contributed by atoms with Crippen molar-refractivity contribution in [1.29, 1.82) is 0 Å². The minimum Gasteiger partial charge on any atom is -0.454 e. The molecule has 1 aliphatic rings. The predicted molar refractivity (Wildman–Crippen MR) is 116 cm³/mol. The Labute approximate surface area is 174 Å². The molecule has 0 spiro atoms. The highest BCUT2D eigenvalue weighted by molar-refractivity contribution is 9.10. The molecule has 144 valence electrons. The van der Waals surface area contributed by atoms with Crippen molar-refractivity contribution >= 4 is 32.7 Å². The summed E-state index contributed by atoms with van der Waals surface area (Å²) in [4.78, 5) is 18.3. The normalized spacial score (nSPS) is 12.5. The number of rotatable bonds is 2. The Morgan fingerprint density at radius 2 is 1.79 bits per heavy atom. The van der Waals surface area contributed by atoms with Gasteiger partial charge in [0.15, 0.2) is 11.5 Å². The van der Waals surface area contributed by atoms with Crippen LogP contribution in [0.5, 0.6) is 11.5 Å². The van der Waals surface area contributed by atoms with E-state index in [1.165, 1.54) is 0 Å². The van der Waals surface area contributed by atoms with Gasteiger partial charge in [-0.1, -0.05) is 22.0 Å². The lowest BCUT2D eigenvalue weighted by Gasteiger charge is -2.16. The molecule has 2 aromatic carbocycles. The fourth-order valence-electron chi connectivity index (χ4n) is 3.54. The molecule has 0 amide bonds. The largest absolute Gasteiger partial charge is 0.454 e. The molecule has 0 saturated heterocycles. The lowest BCUT2D eigenvalue weighted by atomic mass is 10.0. The predicted octanol–water partition coefficient (Wildman–Crippen LogP) is 4.43. The zero-order chi connectivity index (χ0) is 20.1. The molecule has 0 fully saturated rings. The maximum Gasteiger partial charge on any atom is 0.266 e. The van der Waals surface area contributed by atoms with Crippen LogP contribution in [0.3, 0.4) is 0 Å². The highest BCUT2D eigenvalue weighted by Gasteiger charge is 2.21. The molecular formula is C22H16BrN3O3. The van der Waals surface area contributed by atoms with E-state index in [1.54, 1.807) is 16.7 Å². The molecule has 4 aromatic rings. The maximum absolute atomic E-state index is 13.7. The summed E-state index contributed by atoms with van der Waals surface area (Å²) >= 11 is 3.44. The number of hydrogen-bond donors (Lipinski definition) is 1. The molecule has 0 unspecified atom stereocenters. The second-order valence-electron chi connectivity index (χ2n) is 6.80. The standard InChI is InChI=1S/C22H16BrN3O3/c1-12-2-8-16-20(24)19(13-3-9-17-18(10-13)29-11-28-17)22(27)26(21(16)25-12)15-6-4-14(23)5-7-15/h2-10H,11,24H2,1H3. The van der Waals surface area contributed by atoms with Crippen LogP contribution in [0.4, 0.5) is 5.69 Å². The SMILES string of the molecule is Cc1ccc2c(N)c(-c3ccc4c(c3)OCO4)c(=O)n(-c3ccc(Br)cc3)c2n1. The number of aromatic nitrogens is 2. The van der Waals surface area contributed by atoms with Crippen LogP contribution in [0.2, 0.25) is 0 Å². The summed E-state index contributed by atoms with van der Waals surface area (Å²) in [6, 6.07) is 16.7. The average Bonchev–Trinajstić information content (AvgIpc) is 3.17. The molecule has 0 radical (unpaired) electrons. The number of fused-ring (bicyclic) bond motifs is 2. The van der Waals surface area contributed by atoms with E-state index < -0.39 is 0 Å². The van der Waals surface area contributed by atoms with Crippen LogP contribution < -0.4 is 20.8 Å². The van der Waals surface area contributed by atoms with Gasteiger partial charge in [0, 0.05) is 15.6 Å². The highest BCUT2D eigenvalue weighted by Crippen LogP contribution is 2.38. The van der Waals surface area contributed by atoms with Crippen LogP contribution in [0.15, 0.2) is 63.9 Å². The Kier molecular flexibility index (Phi) is 4.06. The first-order valence-corrected chi connectivity index (χ1v) is 9.80. The van der Waals surface area contributed by atoms with Gasteiger partial charge < -0.3 is 15.2 Å². The monoisotopic (exact) mass is 449 g/mol. The van der Waals surface area contributed by atoms with E-state index in [-0.39, 0.29) is 12.4 Å². The van der Waals surface area contributed by atoms with Gasteiger partial charge in [0.25, 0.3) is 5.56 Å². The van der Waals surface area contributed by atoms with Crippen LogP contribution in [0.25, 0.3) is 27.8 Å². The minimum absolute atomic E-state index is 0.165. The number of nitrogens with zero attached hydrogens (tertiary/aromatic N) is 2. The summed E-state index contributed by atoms with van der Waals surface area (Å²) in [5, 5.41) is 0.714. The Morgan fingerprint density at radius 1 is 1.03 bits per heavy atom. The Bertz CT molecular complexity index is 1330. The van der Waals surface area contributed by atoms with Crippen LogP contribution in [0.1, 0.15) is 5.69 Å². The number of benzene rings is 2. The zero-order valence-electron chi connectivity index (χ0n) is 15.5. The molecule has 3 heterocycles. The van der Waals surface area contributed by atoms with Crippen molar-refractivity contribution in [3.8, 4) is 28.3 Å². The molecular weight excluding hydrogens is 434 g/mol. The van der Waals surface area contributed by atoms with Crippen molar-refractivity contribution in [2.75, 3.05) is 12.5 Å². The Morgan fingerprint density at radius 3 is 2.59 bits per heavy atom. The quantitative estimate of drug-likeness (QED) is 0.489. The Hall–Kier alpha value is -3.32. The topological polar surface area (TPSA) is 79.4 Å². The first kappa shape index (κ1) is 17.8. The summed E-state index contributed by atoms with van der Waals surface area (Å²) in [6.45, 7) is 2.05. The van der Waals surface area contributed by atoms with E-state index >= 15 is 0 Å². The van der Waals surface area contributed by atoms with Crippen LogP contribution in [-0.4, -0.2) is 16.3 Å². The van der Waals surface area contributed by atoms with Crippen molar-refractivity contribution in [3.63, 3.8) is 0 Å². The lowest BCUT2D eigenvalue weighted by Crippen LogP contribution is -2.23. The molecule has 2 aromatic heterocycles. The van der Waals surface area contributed by atoms with Crippen LogP contribution in [-0.2, 0) is 0 Å². The molecule has 7 heteroatoms. The molecule has 0 bridgehead atoms. The Balaban J connectivity index is 1.87. The molecule has 2 N–H and O–H groups in total. The fourth-order valence-corrected chi connectivity index (χ4v) is 3.81. The van der Waals surface area contributed by atoms with Gasteiger partial charge in [0.2, 0.25) is 6.79 Å². The van der Waals surface area contributed by atoms with Gasteiger partial charge in [-0.3, -0.25) is 9.36 Å². The first-order chi connectivity index (χ1) is 14.0.